The summed E-state index contributed by atoms with van der Waals surface area (Å²) in [5.74, 6) is -1.12. The van der Waals surface area contributed by atoms with Crippen molar-refractivity contribution in [3.8, 4) is 5.75 Å². The summed E-state index contributed by atoms with van der Waals surface area (Å²) >= 11 is 0. The average Bonchev–Trinajstić information content (AvgIpc) is 2.71. The molecule has 0 radical (unpaired) electrons. The van der Waals surface area contributed by atoms with Crippen LogP contribution in [-0.4, -0.2) is 31.0 Å². The fourth-order valence-corrected chi connectivity index (χ4v) is 3.23. The van der Waals surface area contributed by atoms with Crippen LogP contribution in [0.2, 0.25) is 0 Å². The highest BCUT2D eigenvalue weighted by atomic mass is 16.6. The predicted octanol–water partition coefficient (Wildman–Crippen LogP) is 2.98. The zero-order valence-electron chi connectivity index (χ0n) is 15.1. The van der Waals surface area contributed by atoms with Gasteiger partial charge in [-0.15, -0.1) is 0 Å². The number of esters is 1. The maximum atomic E-state index is 12.0. The number of benzene rings is 2. The van der Waals surface area contributed by atoms with Crippen LogP contribution in [-0.2, 0) is 19.1 Å². The van der Waals surface area contributed by atoms with Gasteiger partial charge in [0.05, 0.1) is 0 Å². The molecule has 3 rings (SSSR count). The summed E-state index contributed by atoms with van der Waals surface area (Å²) in [5, 5.41) is 4.38. The van der Waals surface area contributed by atoms with Crippen LogP contribution in [0.25, 0.3) is 10.8 Å². The summed E-state index contributed by atoms with van der Waals surface area (Å²) in [7, 11) is 0. The Morgan fingerprint density at radius 2 is 1.67 bits per heavy atom. The van der Waals surface area contributed by atoms with Crippen LogP contribution in [0.4, 0.5) is 0 Å². The molecule has 0 aliphatic heterocycles. The summed E-state index contributed by atoms with van der Waals surface area (Å²) in [5.41, 5.74) is 0. The van der Waals surface area contributed by atoms with Gasteiger partial charge in [-0.3, -0.25) is 14.9 Å². The number of rotatable bonds is 6. The molecule has 0 heterocycles. The minimum absolute atomic E-state index is 0.116. The zero-order valence-corrected chi connectivity index (χ0v) is 15.1. The first-order valence-electron chi connectivity index (χ1n) is 9.23. The maximum Gasteiger partial charge on any atom is 0.344 e. The Bertz CT molecular complexity index is 826. The van der Waals surface area contributed by atoms with E-state index in [4.69, 9.17) is 9.47 Å². The molecule has 2 aromatic carbocycles. The van der Waals surface area contributed by atoms with Crippen molar-refractivity contribution in [2.24, 2.45) is 5.92 Å². The number of fused-ring (bicyclic) bond motifs is 1. The molecule has 0 bridgehead atoms. The standard InChI is InChI=1S/C21H23NO5/c23-19(22-21(25)16-7-2-1-3-8-16)13-27-20(24)14-26-18-11-10-15-6-4-5-9-17(15)12-18/h4-6,9-12,16H,1-3,7-8,13-14H2,(H,22,23,25). The number of carbonyl (C=O) groups excluding carboxylic acids is 3. The van der Waals surface area contributed by atoms with Gasteiger partial charge in [-0.05, 0) is 35.7 Å². The lowest BCUT2D eigenvalue weighted by Gasteiger charge is -2.20. The highest BCUT2D eigenvalue weighted by Crippen LogP contribution is 2.23. The van der Waals surface area contributed by atoms with Crippen LogP contribution < -0.4 is 10.1 Å². The van der Waals surface area contributed by atoms with Crippen molar-refractivity contribution < 1.29 is 23.9 Å². The summed E-state index contributed by atoms with van der Waals surface area (Å²) in [6.45, 7) is -0.791. The summed E-state index contributed by atoms with van der Waals surface area (Å²) < 4.78 is 10.3. The first-order valence-corrected chi connectivity index (χ1v) is 9.23. The Morgan fingerprint density at radius 1 is 0.926 bits per heavy atom. The van der Waals surface area contributed by atoms with E-state index in [1.807, 2.05) is 36.4 Å². The fraction of sp³-hybridized carbons (Fsp3) is 0.381. The van der Waals surface area contributed by atoms with Crippen LogP contribution in [0.5, 0.6) is 5.75 Å². The fourth-order valence-electron chi connectivity index (χ4n) is 3.23. The number of carbonyl (C=O) groups is 3. The van der Waals surface area contributed by atoms with E-state index in [1.165, 1.54) is 0 Å². The summed E-state index contributed by atoms with van der Waals surface area (Å²) in [6.07, 6.45) is 4.75. The Morgan fingerprint density at radius 3 is 2.44 bits per heavy atom. The monoisotopic (exact) mass is 369 g/mol. The lowest BCUT2D eigenvalue weighted by atomic mass is 9.89. The number of nitrogens with one attached hydrogen (secondary N) is 1. The molecule has 2 aromatic rings. The molecular weight excluding hydrogens is 346 g/mol. The molecule has 0 saturated heterocycles. The molecule has 1 fully saturated rings. The Labute approximate surface area is 157 Å². The van der Waals surface area contributed by atoms with Crippen molar-refractivity contribution in [1.29, 1.82) is 0 Å². The number of amides is 2. The average molecular weight is 369 g/mol. The smallest absolute Gasteiger partial charge is 0.344 e. The van der Waals surface area contributed by atoms with E-state index in [2.05, 4.69) is 5.32 Å². The van der Waals surface area contributed by atoms with E-state index >= 15 is 0 Å². The van der Waals surface area contributed by atoms with Crippen molar-refractivity contribution >= 4 is 28.6 Å². The van der Waals surface area contributed by atoms with Gasteiger partial charge < -0.3 is 9.47 Å². The molecule has 0 unspecified atom stereocenters. The number of imide groups is 1. The SMILES string of the molecule is O=C(COC(=O)COc1ccc2ccccc2c1)NC(=O)C1CCCCC1. The van der Waals surface area contributed by atoms with E-state index in [9.17, 15) is 14.4 Å². The molecule has 142 valence electrons. The van der Waals surface area contributed by atoms with E-state index in [0.717, 1.165) is 42.9 Å². The Kier molecular flexibility index (Phi) is 6.41. The second-order valence-electron chi connectivity index (χ2n) is 6.71. The lowest BCUT2D eigenvalue weighted by molar-refractivity contribution is -0.151. The van der Waals surface area contributed by atoms with Crippen molar-refractivity contribution in [3.05, 3.63) is 42.5 Å². The molecular formula is C21H23NO5. The minimum atomic E-state index is -0.663. The van der Waals surface area contributed by atoms with Gasteiger partial charge in [0.1, 0.15) is 5.75 Å². The molecule has 0 aromatic heterocycles. The zero-order chi connectivity index (χ0) is 19.1. The Hall–Kier alpha value is -2.89. The van der Waals surface area contributed by atoms with Crippen LogP contribution in [0, 0.1) is 5.92 Å². The highest BCUT2D eigenvalue weighted by molar-refractivity contribution is 5.97. The minimum Gasteiger partial charge on any atom is -0.482 e. The summed E-state index contributed by atoms with van der Waals surface area (Å²) in [6, 6.07) is 13.3. The molecule has 6 nitrogen and oxygen atoms in total. The second kappa shape index (κ2) is 9.16. The quantitative estimate of drug-likeness (QED) is 0.792. The van der Waals surface area contributed by atoms with Crippen LogP contribution in [0.3, 0.4) is 0 Å². The van der Waals surface area contributed by atoms with Crippen molar-refractivity contribution in [2.45, 2.75) is 32.1 Å². The first kappa shape index (κ1) is 18.9. The molecule has 1 N–H and O–H groups in total. The normalized spacial score (nSPS) is 14.5. The van der Waals surface area contributed by atoms with Crippen molar-refractivity contribution in [1.82, 2.24) is 5.32 Å². The van der Waals surface area contributed by atoms with Crippen LogP contribution in [0.15, 0.2) is 42.5 Å². The van der Waals surface area contributed by atoms with Crippen molar-refractivity contribution in [3.63, 3.8) is 0 Å². The van der Waals surface area contributed by atoms with Crippen LogP contribution in [0.1, 0.15) is 32.1 Å². The van der Waals surface area contributed by atoms with Gasteiger partial charge in [0.2, 0.25) is 5.91 Å². The number of hydrogen-bond acceptors (Lipinski definition) is 5. The van der Waals surface area contributed by atoms with Crippen LogP contribution >= 0.6 is 0 Å². The van der Waals surface area contributed by atoms with E-state index < -0.39 is 18.5 Å². The third-order valence-electron chi connectivity index (χ3n) is 4.68. The van der Waals surface area contributed by atoms with Gasteiger partial charge >= 0.3 is 5.97 Å². The van der Waals surface area contributed by atoms with Crippen molar-refractivity contribution in [2.75, 3.05) is 13.2 Å². The highest BCUT2D eigenvalue weighted by Gasteiger charge is 2.22. The molecule has 6 heteroatoms. The van der Waals surface area contributed by atoms with E-state index in [1.54, 1.807) is 6.07 Å². The molecule has 1 aliphatic carbocycles. The third kappa shape index (κ3) is 5.54. The molecule has 0 atom stereocenters. The van der Waals surface area contributed by atoms with Gasteiger partial charge in [-0.25, -0.2) is 4.79 Å². The molecule has 2 amide bonds. The van der Waals surface area contributed by atoms with E-state index in [-0.39, 0.29) is 18.4 Å². The van der Waals surface area contributed by atoms with Gasteiger partial charge in [-0.1, -0.05) is 49.6 Å². The predicted molar refractivity (Wildman–Crippen MR) is 100 cm³/mol. The van der Waals surface area contributed by atoms with Gasteiger partial charge in [0.25, 0.3) is 5.91 Å². The van der Waals surface area contributed by atoms with Gasteiger partial charge in [0.15, 0.2) is 13.2 Å². The topological polar surface area (TPSA) is 81.7 Å². The van der Waals surface area contributed by atoms with E-state index in [0.29, 0.717) is 5.75 Å². The third-order valence-corrected chi connectivity index (χ3v) is 4.68. The Balaban J connectivity index is 1.39. The van der Waals surface area contributed by atoms with Gasteiger partial charge in [-0.2, -0.15) is 0 Å². The molecule has 1 aliphatic rings. The maximum absolute atomic E-state index is 12.0. The summed E-state index contributed by atoms with van der Waals surface area (Å²) in [4.78, 5) is 35.5. The molecule has 0 spiro atoms. The number of hydrogen-bond donors (Lipinski definition) is 1. The molecule has 27 heavy (non-hydrogen) atoms. The number of ether oxygens (including phenoxy) is 2. The first-order chi connectivity index (χ1) is 13.1. The second-order valence-corrected chi connectivity index (χ2v) is 6.71. The largest absolute Gasteiger partial charge is 0.482 e. The van der Waals surface area contributed by atoms with Gasteiger partial charge in [0, 0.05) is 5.92 Å². The lowest BCUT2D eigenvalue weighted by Crippen LogP contribution is -2.39. The molecule has 1 saturated carbocycles.